The Labute approximate surface area is 227 Å². The third-order valence-electron chi connectivity index (χ3n) is 8.58. The fourth-order valence-electron chi connectivity index (χ4n) is 6.84. The number of rotatable bonds is 6. The van der Waals surface area contributed by atoms with E-state index in [4.69, 9.17) is 4.74 Å². The van der Waals surface area contributed by atoms with Gasteiger partial charge in [0.1, 0.15) is 0 Å². The molecule has 0 spiro atoms. The van der Waals surface area contributed by atoms with E-state index < -0.39 is 18.5 Å². The van der Waals surface area contributed by atoms with E-state index in [0.29, 0.717) is 11.4 Å². The molecule has 3 aliphatic rings. The van der Waals surface area contributed by atoms with Crippen molar-refractivity contribution in [3.8, 4) is 0 Å². The van der Waals surface area contributed by atoms with Crippen molar-refractivity contribution in [1.82, 2.24) is 0 Å². The average molecular weight is 523 g/mol. The highest BCUT2D eigenvalue weighted by molar-refractivity contribution is 6.23. The topological polar surface area (TPSA) is 92.8 Å². The lowest BCUT2D eigenvalue weighted by Crippen LogP contribution is -2.33. The Morgan fingerprint density at radius 3 is 2.46 bits per heavy atom. The summed E-state index contributed by atoms with van der Waals surface area (Å²) in [5, 5.41) is 2.76. The van der Waals surface area contributed by atoms with Crippen LogP contribution < -0.4 is 10.2 Å². The normalized spacial score (nSPS) is 25.1. The highest BCUT2D eigenvalue weighted by Gasteiger charge is 2.64. The molecule has 198 valence electrons. The van der Waals surface area contributed by atoms with Gasteiger partial charge in [-0.25, -0.2) is 4.79 Å². The summed E-state index contributed by atoms with van der Waals surface area (Å²) in [5.74, 6) is -1.52. The van der Waals surface area contributed by atoms with Crippen molar-refractivity contribution >= 4 is 35.1 Å². The molecule has 3 aromatic carbocycles. The second-order valence-corrected chi connectivity index (χ2v) is 11.0. The van der Waals surface area contributed by atoms with Crippen LogP contribution in [0.4, 0.5) is 11.4 Å². The van der Waals surface area contributed by atoms with Crippen molar-refractivity contribution in [1.29, 1.82) is 0 Å². The van der Waals surface area contributed by atoms with Gasteiger partial charge in [-0.15, -0.1) is 0 Å². The molecule has 3 amide bonds. The molecule has 2 saturated carbocycles. The molecule has 3 aromatic rings. The number of fused-ring (bicyclic) bond motifs is 5. The maximum atomic E-state index is 13.6. The number of amides is 3. The fourth-order valence-corrected chi connectivity index (χ4v) is 6.84. The summed E-state index contributed by atoms with van der Waals surface area (Å²) >= 11 is 0. The third kappa shape index (κ3) is 4.42. The molecular weight excluding hydrogens is 492 g/mol. The van der Waals surface area contributed by atoms with Crippen LogP contribution in [0.2, 0.25) is 0 Å². The summed E-state index contributed by atoms with van der Waals surface area (Å²) < 4.78 is 5.25. The summed E-state index contributed by atoms with van der Waals surface area (Å²) in [5.41, 5.74) is 4.34. The standard InChI is InChI=1S/C32H30N2O5/c1-18-11-12-19(2)26(13-18)33-27(35)17-39-32(38)21-9-6-10-23(14-21)34-30(36)28-22-15-24(20-7-4-3-5-8-20)25(16-22)29(28)31(34)37/h3-14,22,24-25,28-29H,15-17H2,1-2H3,(H,33,35)/t22-,24-,25+,28+,29-/m0/s1. The van der Waals surface area contributed by atoms with Crippen LogP contribution in [0.1, 0.15) is 45.8 Å². The maximum Gasteiger partial charge on any atom is 0.338 e. The van der Waals surface area contributed by atoms with Crippen molar-refractivity contribution in [2.45, 2.75) is 32.6 Å². The fraction of sp³-hybridized carbons (Fsp3) is 0.312. The van der Waals surface area contributed by atoms with E-state index in [1.807, 2.05) is 50.2 Å². The predicted molar refractivity (Wildman–Crippen MR) is 146 cm³/mol. The Kier molecular flexibility index (Phi) is 6.29. The lowest BCUT2D eigenvalue weighted by molar-refractivity contribution is -0.123. The van der Waals surface area contributed by atoms with E-state index in [9.17, 15) is 19.2 Å². The molecule has 0 radical (unpaired) electrons. The van der Waals surface area contributed by atoms with Crippen LogP contribution in [0.25, 0.3) is 0 Å². The molecule has 0 aromatic heterocycles. The largest absolute Gasteiger partial charge is 0.452 e. The summed E-state index contributed by atoms with van der Waals surface area (Å²) in [7, 11) is 0. The zero-order valence-electron chi connectivity index (χ0n) is 21.9. The monoisotopic (exact) mass is 522 g/mol. The van der Waals surface area contributed by atoms with Gasteiger partial charge in [-0.3, -0.25) is 19.3 Å². The van der Waals surface area contributed by atoms with Crippen LogP contribution in [0.3, 0.4) is 0 Å². The maximum absolute atomic E-state index is 13.6. The minimum atomic E-state index is -0.698. The molecule has 7 heteroatoms. The van der Waals surface area contributed by atoms with Gasteiger partial charge in [-0.2, -0.15) is 0 Å². The number of benzene rings is 3. The number of esters is 1. The highest BCUT2D eigenvalue weighted by Crippen LogP contribution is 2.61. The molecular formula is C32H30N2O5. The number of nitrogens with one attached hydrogen (secondary N) is 1. The van der Waals surface area contributed by atoms with E-state index in [0.717, 1.165) is 24.0 Å². The summed E-state index contributed by atoms with van der Waals surface area (Å²) in [6.45, 7) is 3.36. The quantitative estimate of drug-likeness (QED) is 0.362. The molecule has 39 heavy (non-hydrogen) atoms. The molecule has 3 fully saturated rings. The molecule has 1 aliphatic heterocycles. The second-order valence-electron chi connectivity index (χ2n) is 11.0. The van der Waals surface area contributed by atoms with Gasteiger partial charge in [0.25, 0.3) is 5.91 Å². The summed E-state index contributed by atoms with van der Waals surface area (Å²) in [6.07, 6.45) is 1.82. The van der Waals surface area contributed by atoms with Crippen molar-refractivity contribution in [3.05, 3.63) is 95.1 Å². The molecule has 1 N–H and O–H groups in total. The minimum Gasteiger partial charge on any atom is -0.452 e. The number of ether oxygens (including phenoxy) is 1. The number of nitrogens with zero attached hydrogens (tertiary/aromatic N) is 1. The van der Waals surface area contributed by atoms with Gasteiger partial charge >= 0.3 is 5.97 Å². The Balaban J connectivity index is 1.14. The Morgan fingerprint density at radius 2 is 1.67 bits per heavy atom. The number of aryl methyl sites for hydroxylation is 2. The predicted octanol–water partition coefficient (Wildman–Crippen LogP) is 5.03. The SMILES string of the molecule is Cc1ccc(C)c(NC(=O)COC(=O)c2cccc(N3C(=O)[C@@H]4[C@@H]5C[C@@H]([C@@H]4C3=O)[C@H](c3ccccc3)C5)c2)c1. The first kappa shape index (κ1) is 25.0. The zero-order chi connectivity index (χ0) is 27.3. The first-order valence-electron chi connectivity index (χ1n) is 13.4. The van der Waals surface area contributed by atoms with Crippen LogP contribution in [0, 0.1) is 37.5 Å². The van der Waals surface area contributed by atoms with Crippen LogP contribution >= 0.6 is 0 Å². The molecule has 1 saturated heterocycles. The number of hydrogen-bond acceptors (Lipinski definition) is 5. The van der Waals surface area contributed by atoms with Crippen LogP contribution in [0.5, 0.6) is 0 Å². The van der Waals surface area contributed by atoms with E-state index >= 15 is 0 Å². The van der Waals surface area contributed by atoms with Crippen molar-refractivity contribution in [3.63, 3.8) is 0 Å². The number of carbonyl (C=O) groups excluding carboxylic acids is 4. The molecule has 7 nitrogen and oxygen atoms in total. The Morgan fingerprint density at radius 1 is 0.897 bits per heavy atom. The van der Waals surface area contributed by atoms with Gasteiger partial charge in [0.15, 0.2) is 6.61 Å². The summed E-state index contributed by atoms with van der Waals surface area (Å²) in [6, 6.07) is 22.3. The van der Waals surface area contributed by atoms with Gasteiger partial charge in [0.05, 0.1) is 23.1 Å². The van der Waals surface area contributed by atoms with Crippen LogP contribution in [-0.4, -0.2) is 30.3 Å². The molecule has 6 rings (SSSR count). The molecule has 1 heterocycles. The number of imide groups is 1. The van der Waals surface area contributed by atoms with Crippen molar-refractivity contribution in [2.75, 3.05) is 16.8 Å². The first-order valence-corrected chi connectivity index (χ1v) is 13.4. The zero-order valence-corrected chi connectivity index (χ0v) is 21.9. The third-order valence-corrected chi connectivity index (χ3v) is 8.58. The van der Waals surface area contributed by atoms with E-state index in [1.54, 1.807) is 18.2 Å². The smallest absolute Gasteiger partial charge is 0.338 e. The lowest BCUT2D eigenvalue weighted by atomic mass is 9.73. The lowest BCUT2D eigenvalue weighted by Gasteiger charge is -2.28. The van der Waals surface area contributed by atoms with E-state index in [-0.39, 0.29) is 47.0 Å². The number of hydrogen-bond donors (Lipinski definition) is 1. The number of anilines is 2. The molecule has 5 atom stereocenters. The van der Waals surface area contributed by atoms with Gasteiger partial charge < -0.3 is 10.1 Å². The second kappa shape index (κ2) is 9.80. The van der Waals surface area contributed by atoms with Crippen molar-refractivity contribution in [2.24, 2.45) is 23.7 Å². The van der Waals surface area contributed by atoms with E-state index in [2.05, 4.69) is 17.4 Å². The van der Waals surface area contributed by atoms with Gasteiger partial charge in [0, 0.05) is 5.69 Å². The van der Waals surface area contributed by atoms with Crippen LogP contribution in [-0.2, 0) is 19.1 Å². The Hall–Kier alpha value is -4.26. The van der Waals surface area contributed by atoms with Gasteiger partial charge in [0.2, 0.25) is 11.8 Å². The van der Waals surface area contributed by atoms with Gasteiger partial charge in [-0.05, 0) is 85.4 Å². The molecule has 2 bridgehead atoms. The van der Waals surface area contributed by atoms with Crippen molar-refractivity contribution < 1.29 is 23.9 Å². The Bertz CT molecular complexity index is 1480. The molecule has 0 unspecified atom stereocenters. The minimum absolute atomic E-state index is 0.146. The molecule has 2 aliphatic carbocycles. The van der Waals surface area contributed by atoms with Crippen LogP contribution in [0.15, 0.2) is 72.8 Å². The summed E-state index contributed by atoms with van der Waals surface area (Å²) in [4.78, 5) is 53.5. The number of carbonyl (C=O) groups is 4. The first-order chi connectivity index (χ1) is 18.8. The van der Waals surface area contributed by atoms with Gasteiger partial charge in [-0.1, -0.05) is 48.5 Å². The average Bonchev–Trinajstić information content (AvgIpc) is 3.61. The highest BCUT2D eigenvalue weighted by atomic mass is 16.5. The van der Waals surface area contributed by atoms with E-state index in [1.165, 1.54) is 16.5 Å².